The van der Waals surface area contributed by atoms with Gasteiger partial charge in [-0.25, -0.2) is 4.79 Å². The molecule has 3 saturated heterocycles. The number of amides is 1. The molecule has 0 saturated carbocycles. The molecule has 3 fully saturated rings. The lowest BCUT2D eigenvalue weighted by Gasteiger charge is -2.37. The summed E-state index contributed by atoms with van der Waals surface area (Å²) in [6.45, 7) is 11.2. The summed E-state index contributed by atoms with van der Waals surface area (Å²) in [5.74, 6) is 0. The van der Waals surface area contributed by atoms with Crippen molar-refractivity contribution in [2.75, 3.05) is 46.1 Å². The lowest BCUT2D eigenvalue weighted by Crippen LogP contribution is -2.49. The van der Waals surface area contributed by atoms with Crippen LogP contribution in [0.5, 0.6) is 0 Å². The van der Waals surface area contributed by atoms with Crippen molar-refractivity contribution in [3.8, 4) is 0 Å². The third kappa shape index (κ3) is 4.03. The molecular weight excluding hydrogens is 308 g/mol. The van der Waals surface area contributed by atoms with Gasteiger partial charge in [0.25, 0.3) is 0 Å². The van der Waals surface area contributed by atoms with Crippen LogP contribution in [0, 0.1) is 0 Å². The molecule has 3 aliphatic rings. The number of morpholine rings is 1. The highest BCUT2D eigenvalue weighted by molar-refractivity contribution is 5.67. The zero-order chi connectivity index (χ0) is 17.2. The van der Waals surface area contributed by atoms with Gasteiger partial charge in [0, 0.05) is 24.7 Å². The minimum absolute atomic E-state index is 0.107. The predicted molar refractivity (Wildman–Crippen MR) is 91.1 cm³/mol. The molecule has 0 aliphatic carbocycles. The van der Waals surface area contributed by atoms with Crippen LogP contribution in [-0.4, -0.2) is 79.1 Å². The third-order valence-corrected chi connectivity index (χ3v) is 5.48. The fourth-order valence-corrected chi connectivity index (χ4v) is 4.14. The number of fused-ring (bicyclic) bond motifs is 1. The van der Waals surface area contributed by atoms with Crippen LogP contribution < -0.4 is 0 Å². The maximum atomic E-state index is 12.2. The molecule has 6 heteroatoms. The first-order chi connectivity index (χ1) is 11.4. The van der Waals surface area contributed by atoms with Crippen molar-refractivity contribution < 1.29 is 19.0 Å². The van der Waals surface area contributed by atoms with Crippen molar-refractivity contribution in [3.63, 3.8) is 0 Å². The smallest absolute Gasteiger partial charge is 0.409 e. The molecule has 3 rings (SSSR count). The number of hydrogen-bond acceptors (Lipinski definition) is 5. The number of carbonyl (C=O) groups is 1. The highest BCUT2D eigenvalue weighted by Gasteiger charge is 2.50. The minimum atomic E-state index is -0.194. The average Bonchev–Trinajstić information content (AvgIpc) is 3.10. The molecule has 3 aliphatic heterocycles. The Balaban J connectivity index is 1.51. The van der Waals surface area contributed by atoms with E-state index in [4.69, 9.17) is 14.2 Å². The summed E-state index contributed by atoms with van der Waals surface area (Å²) in [7, 11) is 0. The van der Waals surface area contributed by atoms with Gasteiger partial charge >= 0.3 is 6.09 Å². The van der Waals surface area contributed by atoms with Crippen LogP contribution in [0.3, 0.4) is 0 Å². The van der Waals surface area contributed by atoms with Gasteiger partial charge in [-0.05, 0) is 53.0 Å². The van der Waals surface area contributed by atoms with E-state index in [0.717, 1.165) is 26.0 Å². The normalized spacial score (nSPS) is 31.3. The zero-order valence-electron chi connectivity index (χ0n) is 15.4. The second-order valence-corrected chi connectivity index (χ2v) is 8.29. The van der Waals surface area contributed by atoms with E-state index in [0.29, 0.717) is 39.0 Å². The third-order valence-electron chi connectivity index (χ3n) is 5.48. The van der Waals surface area contributed by atoms with E-state index in [9.17, 15) is 4.79 Å². The summed E-state index contributed by atoms with van der Waals surface area (Å²) in [5, 5.41) is 0. The Bertz CT molecular complexity index is 445. The monoisotopic (exact) mass is 340 g/mol. The topological polar surface area (TPSA) is 51.2 Å². The molecule has 1 unspecified atom stereocenters. The quantitative estimate of drug-likeness (QED) is 0.786. The van der Waals surface area contributed by atoms with Gasteiger partial charge in [-0.1, -0.05) is 0 Å². The first-order valence-electron chi connectivity index (χ1n) is 9.30. The van der Waals surface area contributed by atoms with Crippen LogP contribution in [0.1, 0.15) is 46.5 Å². The van der Waals surface area contributed by atoms with Crippen molar-refractivity contribution in [1.82, 2.24) is 9.80 Å². The Morgan fingerprint density at radius 3 is 2.67 bits per heavy atom. The minimum Gasteiger partial charge on any atom is -0.448 e. The second-order valence-electron chi connectivity index (χ2n) is 8.29. The van der Waals surface area contributed by atoms with E-state index in [-0.39, 0.29) is 17.2 Å². The van der Waals surface area contributed by atoms with E-state index in [1.54, 1.807) is 4.90 Å². The number of nitrogens with zero attached hydrogens (tertiary/aromatic N) is 2. The summed E-state index contributed by atoms with van der Waals surface area (Å²) < 4.78 is 17.0. The van der Waals surface area contributed by atoms with Crippen LogP contribution in [0.25, 0.3) is 0 Å². The molecule has 0 spiro atoms. The first-order valence-corrected chi connectivity index (χ1v) is 9.30. The van der Waals surface area contributed by atoms with E-state index in [1.807, 2.05) is 0 Å². The standard InChI is InChI=1S/C18H32N2O4/c1-17(2,3)24-14-18-6-4-8-20(18)15(5-7-18)13-23-16(21)19-9-11-22-12-10-19/h15H,4-14H2,1-3H3/t15?,18-/m1/s1. The molecule has 0 aromatic carbocycles. The number of carbonyl (C=O) groups excluding carboxylic acids is 1. The van der Waals surface area contributed by atoms with E-state index in [2.05, 4.69) is 25.7 Å². The van der Waals surface area contributed by atoms with Crippen molar-refractivity contribution in [2.24, 2.45) is 0 Å². The van der Waals surface area contributed by atoms with E-state index >= 15 is 0 Å². The van der Waals surface area contributed by atoms with Gasteiger partial charge in [-0.2, -0.15) is 0 Å². The molecule has 0 bridgehead atoms. The number of rotatable bonds is 4. The molecule has 2 atom stereocenters. The van der Waals surface area contributed by atoms with Gasteiger partial charge < -0.3 is 19.1 Å². The Labute approximate surface area is 145 Å². The van der Waals surface area contributed by atoms with Gasteiger partial charge in [0.1, 0.15) is 6.61 Å². The lowest BCUT2D eigenvalue weighted by molar-refractivity contribution is -0.0598. The molecule has 1 amide bonds. The number of ether oxygens (including phenoxy) is 3. The molecule has 0 aromatic rings. The van der Waals surface area contributed by atoms with Crippen molar-refractivity contribution in [1.29, 1.82) is 0 Å². The van der Waals surface area contributed by atoms with Crippen molar-refractivity contribution >= 4 is 6.09 Å². The number of hydrogen-bond donors (Lipinski definition) is 0. The second kappa shape index (κ2) is 7.18. The largest absolute Gasteiger partial charge is 0.448 e. The van der Waals surface area contributed by atoms with Crippen molar-refractivity contribution in [3.05, 3.63) is 0 Å². The average molecular weight is 340 g/mol. The molecular formula is C18H32N2O4. The van der Waals surface area contributed by atoms with E-state index in [1.165, 1.54) is 12.8 Å². The molecule has 0 N–H and O–H groups in total. The van der Waals surface area contributed by atoms with Gasteiger partial charge in [-0.3, -0.25) is 4.90 Å². The van der Waals surface area contributed by atoms with Gasteiger partial charge in [0.2, 0.25) is 0 Å². The maximum Gasteiger partial charge on any atom is 0.409 e. The fourth-order valence-electron chi connectivity index (χ4n) is 4.14. The van der Waals surface area contributed by atoms with Crippen molar-refractivity contribution in [2.45, 2.75) is 63.6 Å². The molecule has 24 heavy (non-hydrogen) atoms. The van der Waals surface area contributed by atoms with Gasteiger partial charge in [-0.15, -0.1) is 0 Å². The SMILES string of the molecule is CC(C)(C)OC[C@]12CCCN1C(COC(=O)N1CCOCC1)CC2. The van der Waals surface area contributed by atoms with Crippen LogP contribution in [0.2, 0.25) is 0 Å². The highest BCUT2D eigenvalue weighted by Crippen LogP contribution is 2.43. The Hall–Kier alpha value is -0.850. The summed E-state index contributed by atoms with van der Waals surface area (Å²) >= 11 is 0. The van der Waals surface area contributed by atoms with Gasteiger partial charge in [0.05, 0.1) is 25.4 Å². The maximum absolute atomic E-state index is 12.2. The van der Waals surface area contributed by atoms with Crippen LogP contribution in [0.15, 0.2) is 0 Å². The molecule has 138 valence electrons. The fraction of sp³-hybridized carbons (Fsp3) is 0.944. The summed E-state index contributed by atoms with van der Waals surface area (Å²) in [5.41, 5.74) is 0.0488. The van der Waals surface area contributed by atoms with Gasteiger partial charge in [0.15, 0.2) is 0 Å². The van der Waals surface area contributed by atoms with Crippen LogP contribution in [-0.2, 0) is 14.2 Å². The summed E-state index contributed by atoms with van der Waals surface area (Å²) in [6, 6.07) is 0.334. The molecule has 0 aromatic heterocycles. The van der Waals surface area contributed by atoms with Crippen LogP contribution >= 0.6 is 0 Å². The lowest BCUT2D eigenvalue weighted by atomic mass is 9.95. The van der Waals surface area contributed by atoms with Crippen LogP contribution in [0.4, 0.5) is 4.79 Å². The molecule has 0 radical (unpaired) electrons. The zero-order valence-corrected chi connectivity index (χ0v) is 15.4. The Morgan fingerprint density at radius 1 is 1.21 bits per heavy atom. The Kier molecular flexibility index (Phi) is 5.37. The predicted octanol–water partition coefficient (Wildman–Crippen LogP) is 2.27. The molecule has 3 heterocycles. The Morgan fingerprint density at radius 2 is 1.96 bits per heavy atom. The molecule has 6 nitrogen and oxygen atoms in total. The summed E-state index contributed by atoms with van der Waals surface area (Å²) in [4.78, 5) is 16.5. The van der Waals surface area contributed by atoms with E-state index < -0.39 is 0 Å². The first kappa shape index (κ1) is 18.0. The highest BCUT2D eigenvalue weighted by atomic mass is 16.6. The summed E-state index contributed by atoms with van der Waals surface area (Å²) in [6.07, 6.45) is 4.44.